The number of hydrogen-bond donors (Lipinski definition) is 1. The summed E-state index contributed by atoms with van der Waals surface area (Å²) >= 11 is 0. The molecule has 1 saturated heterocycles. The third-order valence-electron chi connectivity index (χ3n) is 3.68. The van der Waals surface area contributed by atoms with Gasteiger partial charge in [-0.3, -0.25) is 4.90 Å². The zero-order chi connectivity index (χ0) is 12.0. The summed E-state index contributed by atoms with van der Waals surface area (Å²) in [6.07, 6.45) is 2.10. The van der Waals surface area contributed by atoms with Crippen LogP contribution in [-0.2, 0) is 9.47 Å². The van der Waals surface area contributed by atoms with Gasteiger partial charge in [0.15, 0.2) is 0 Å². The molecule has 0 amide bonds. The van der Waals surface area contributed by atoms with Crippen LogP contribution in [0, 0.1) is 0 Å². The quantitative estimate of drug-likeness (QED) is 0.735. The molecule has 0 aromatic carbocycles. The maximum Gasteiger partial charge on any atom is 0.0622 e. The minimum Gasteiger partial charge on any atom is -0.385 e. The zero-order valence-corrected chi connectivity index (χ0v) is 10.9. The van der Waals surface area contributed by atoms with Gasteiger partial charge >= 0.3 is 0 Å². The second-order valence-corrected chi connectivity index (χ2v) is 4.77. The molecule has 1 aliphatic heterocycles. The van der Waals surface area contributed by atoms with Crippen LogP contribution in [0.15, 0.2) is 0 Å². The molecule has 2 unspecified atom stereocenters. The van der Waals surface area contributed by atoms with Gasteiger partial charge in [-0.15, -0.1) is 0 Å². The number of nitrogens with zero attached hydrogens (tertiary/aromatic N) is 1. The number of nitrogens with two attached hydrogens (primary N) is 1. The maximum atomic E-state index is 5.96. The first-order valence-corrected chi connectivity index (χ1v) is 6.21. The van der Waals surface area contributed by atoms with E-state index in [9.17, 15) is 0 Å². The monoisotopic (exact) mass is 230 g/mol. The van der Waals surface area contributed by atoms with E-state index in [0.29, 0.717) is 12.6 Å². The Labute approximate surface area is 99.1 Å². The Morgan fingerprint density at radius 1 is 1.56 bits per heavy atom. The second-order valence-electron chi connectivity index (χ2n) is 4.77. The summed E-state index contributed by atoms with van der Waals surface area (Å²) in [6, 6.07) is 0.499. The number of hydrogen-bond acceptors (Lipinski definition) is 4. The average molecular weight is 230 g/mol. The highest BCUT2D eigenvalue weighted by molar-refractivity contribution is 4.92. The summed E-state index contributed by atoms with van der Waals surface area (Å²) in [4.78, 5) is 2.51. The lowest BCUT2D eigenvalue weighted by molar-refractivity contribution is -0.0656. The molecule has 0 radical (unpaired) electrons. The van der Waals surface area contributed by atoms with Gasteiger partial charge in [-0.2, -0.15) is 0 Å². The summed E-state index contributed by atoms with van der Waals surface area (Å²) in [6.45, 7) is 8.52. The van der Waals surface area contributed by atoms with Gasteiger partial charge in [0, 0.05) is 38.4 Å². The molecule has 2 N–H and O–H groups in total. The van der Waals surface area contributed by atoms with Crippen LogP contribution in [0.5, 0.6) is 0 Å². The SMILES string of the molecule is CCC1COCCN1C(C)(CN)CCOC. The van der Waals surface area contributed by atoms with Gasteiger partial charge in [0.25, 0.3) is 0 Å². The summed E-state index contributed by atoms with van der Waals surface area (Å²) < 4.78 is 10.7. The smallest absolute Gasteiger partial charge is 0.0622 e. The van der Waals surface area contributed by atoms with E-state index in [1.165, 1.54) is 0 Å². The van der Waals surface area contributed by atoms with Crippen LogP contribution in [0.4, 0.5) is 0 Å². The topological polar surface area (TPSA) is 47.7 Å². The molecule has 1 rings (SSSR count). The standard InChI is InChI=1S/C12H26N2O2/c1-4-11-9-16-8-6-14(11)12(2,10-13)5-7-15-3/h11H,4-10,13H2,1-3H3. The molecular formula is C12H26N2O2. The lowest BCUT2D eigenvalue weighted by Crippen LogP contribution is -2.60. The van der Waals surface area contributed by atoms with Crippen molar-refractivity contribution in [3.05, 3.63) is 0 Å². The Kier molecular flexibility index (Phi) is 5.69. The molecule has 0 bridgehead atoms. The number of methoxy groups -OCH3 is 1. The van der Waals surface area contributed by atoms with Crippen LogP contribution in [0.25, 0.3) is 0 Å². The van der Waals surface area contributed by atoms with E-state index < -0.39 is 0 Å². The first-order valence-electron chi connectivity index (χ1n) is 6.21. The van der Waals surface area contributed by atoms with Crippen molar-refractivity contribution in [3.63, 3.8) is 0 Å². The Bertz CT molecular complexity index is 201. The van der Waals surface area contributed by atoms with Crippen molar-refractivity contribution in [2.45, 2.75) is 38.3 Å². The van der Waals surface area contributed by atoms with E-state index >= 15 is 0 Å². The van der Waals surface area contributed by atoms with E-state index in [-0.39, 0.29) is 5.54 Å². The van der Waals surface area contributed by atoms with Gasteiger partial charge in [-0.25, -0.2) is 0 Å². The Balaban J connectivity index is 2.67. The summed E-state index contributed by atoms with van der Waals surface area (Å²) in [7, 11) is 1.74. The van der Waals surface area contributed by atoms with E-state index in [0.717, 1.165) is 39.2 Å². The van der Waals surface area contributed by atoms with Crippen LogP contribution < -0.4 is 5.73 Å². The number of rotatable bonds is 6. The van der Waals surface area contributed by atoms with Gasteiger partial charge < -0.3 is 15.2 Å². The van der Waals surface area contributed by atoms with Gasteiger partial charge in [0.1, 0.15) is 0 Å². The average Bonchev–Trinajstić information content (AvgIpc) is 2.36. The second kappa shape index (κ2) is 6.55. The predicted molar refractivity (Wildman–Crippen MR) is 65.6 cm³/mol. The first-order chi connectivity index (χ1) is 7.68. The van der Waals surface area contributed by atoms with Crippen LogP contribution in [0.2, 0.25) is 0 Å². The minimum absolute atomic E-state index is 0.0421. The molecule has 4 nitrogen and oxygen atoms in total. The van der Waals surface area contributed by atoms with Crippen molar-refractivity contribution >= 4 is 0 Å². The van der Waals surface area contributed by atoms with Crippen LogP contribution in [0.1, 0.15) is 26.7 Å². The molecular weight excluding hydrogens is 204 g/mol. The molecule has 1 heterocycles. The highest BCUT2D eigenvalue weighted by Gasteiger charge is 2.36. The van der Waals surface area contributed by atoms with Crippen molar-refractivity contribution in [2.24, 2.45) is 5.73 Å². The summed E-state index contributed by atoms with van der Waals surface area (Å²) in [5.74, 6) is 0. The molecule has 4 heteroatoms. The van der Waals surface area contributed by atoms with Crippen LogP contribution >= 0.6 is 0 Å². The maximum absolute atomic E-state index is 5.96. The third kappa shape index (κ3) is 3.17. The molecule has 16 heavy (non-hydrogen) atoms. The van der Waals surface area contributed by atoms with Crippen molar-refractivity contribution in [2.75, 3.05) is 40.0 Å². The molecule has 0 aromatic heterocycles. The number of morpholine rings is 1. The van der Waals surface area contributed by atoms with Crippen molar-refractivity contribution in [1.29, 1.82) is 0 Å². The summed E-state index contributed by atoms with van der Waals surface area (Å²) in [5, 5.41) is 0. The largest absolute Gasteiger partial charge is 0.385 e. The third-order valence-corrected chi connectivity index (χ3v) is 3.68. The van der Waals surface area contributed by atoms with E-state index in [1.54, 1.807) is 7.11 Å². The summed E-state index contributed by atoms with van der Waals surface area (Å²) in [5.41, 5.74) is 6.00. The van der Waals surface area contributed by atoms with E-state index in [4.69, 9.17) is 15.2 Å². The van der Waals surface area contributed by atoms with Crippen molar-refractivity contribution in [3.8, 4) is 0 Å². The Morgan fingerprint density at radius 2 is 2.31 bits per heavy atom. The first kappa shape index (κ1) is 13.9. The molecule has 1 fully saturated rings. The fourth-order valence-corrected chi connectivity index (χ4v) is 2.39. The fraction of sp³-hybridized carbons (Fsp3) is 1.00. The van der Waals surface area contributed by atoms with Crippen molar-refractivity contribution < 1.29 is 9.47 Å². The number of ether oxygens (including phenoxy) is 2. The Morgan fingerprint density at radius 3 is 2.88 bits per heavy atom. The van der Waals surface area contributed by atoms with Gasteiger partial charge in [-0.1, -0.05) is 6.92 Å². The predicted octanol–water partition coefficient (Wildman–Crippen LogP) is 0.851. The van der Waals surface area contributed by atoms with Gasteiger partial charge in [-0.05, 0) is 19.8 Å². The molecule has 1 aliphatic rings. The highest BCUT2D eigenvalue weighted by atomic mass is 16.5. The zero-order valence-electron chi connectivity index (χ0n) is 10.9. The molecule has 96 valence electrons. The van der Waals surface area contributed by atoms with Crippen LogP contribution in [0.3, 0.4) is 0 Å². The molecule has 2 atom stereocenters. The van der Waals surface area contributed by atoms with Crippen LogP contribution in [-0.4, -0.2) is 56.5 Å². The van der Waals surface area contributed by atoms with E-state index in [1.807, 2.05) is 0 Å². The Hall–Kier alpha value is -0.160. The fourth-order valence-electron chi connectivity index (χ4n) is 2.39. The molecule has 0 spiro atoms. The molecule has 0 aromatic rings. The van der Waals surface area contributed by atoms with Gasteiger partial charge in [0.05, 0.1) is 13.2 Å². The van der Waals surface area contributed by atoms with E-state index in [2.05, 4.69) is 18.7 Å². The normalized spacial score (nSPS) is 26.6. The van der Waals surface area contributed by atoms with Gasteiger partial charge in [0.2, 0.25) is 0 Å². The lowest BCUT2D eigenvalue weighted by Gasteiger charge is -2.47. The highest BCUT2D eigenvalue weighted by Crippen LogP contribution is 2.25. The molecule has 0 saturated carbocycles. The van der Waals surface area contributed by atoms with Crippen molar-refractivity contribution in [1.82, 2.24) is 4.90 Å². The molecule has 0 aliphatic carbocycles. The minimum atomic E-state index is 0.0421. The lowest BCUT2D eigenvalue weighted by atomic mass is 9.92.